The Kier molecular flexibility index (Phi) is 23.3. The van der Waals surface area contributed by atoms with Crippen LogP contribution in [0.25, 0.3) is 188 Å². The van der Waals surface area contributed by atoms with Crippen molar-refractivity contribution < 1.29 is 51.3 Å². The molecule has 0 amide bonds. The van der Waals surface area contributed by atoms with Crippen LogP contribution in [0.4, 0.5) is 5.69 Å². The van der Waals surface area contributed by atoms with Crippen molar-refractivity contribution in [3.05, 3.63) is 219 Å². The summed E-state index contributed by atoms with van der Waals surface area (Å²) in [4.78, 5) is 72.9. The predicted octanol–water partition coefficient (Wildman–Crippen LogP) is 21.2. The summed E-state index contributed by atoms with van der Waals surface area (Å²) in [6, 6.07) is 42.2. The normalized spacial score (nSPS) is 12.0. The van der Waals surface area contributed by atoms with Gasteiger partial charge in [0.15, 0.2) is 11.5 Å². The molecule has 0 bridgehead atoms. The van der Waals surface area contributed by atoms with Gasteiger partial charge >= 0.3 is 0 Å². The van der Waals surface area contributed by atoms with Crippen molar-refractivity contribution >= 4 is 104 Å². The number of ether oxygens (including phenoxy) is 7. The Labute approximate surface area is 772 Å². The van der Waals surface area contributed by atoms with Gasteiger partial charge in [0.2, 0.25) is 11.4 Å². The summed E-state index contributed by atoms with van der Waals surface area (Å²) < 4.78 is 62.4. The number of para-hydroxylation sites is 1. The average molecular weight is 1810 g/mol. The topological polar surface area (TPSA) is 396 Å². The number of aromatic nitrogens is 18. The molecule has 22 rings (SSSR count). The number of fused-ring (bicyclic) bond motifs is 14. The molecule has 135 heavy (non-hydrogen) atoms. The molecule has 682 valence electrons. The Bertz CT molecular complexity index is 8230. The highest BCUT2D eigenvalue weighted by molar-refractivity contribution is 6.19. The van der Waals surface area contributed by atoms with E-state index >= 15 is 0 Å². The highest BCUT2D eigenvalue weighted by atomic mass is 16.6. The molecule has 7 aromatic carbocycles. The first kappa shape index (κ1) is 87.9. The number of nitrogens with one attached hydrogen (secondary N) is 6. The van der Waals surface area contributed by atoms with Crippen molar-refractivity contribution in [1.29, 1.82) is 0 Å². The molecule has 32 nitrogen and oxygen atoms in total. The Morgan fingerprint density at radius 2 is 0.807 bits per heavy atom. The van der Waals surface area contributed by atoms with E-state index < -0.39 is 0 Å². The van der Waals surface area contributed by atoms with Gasteiger partial charge < -0.3 is 86.4 Å². The molecule has 21 aromatic rings. The fraction of sp³-hybridized carbons (Fsp3) is 0.243. The van der Waals surface area contributed by atoms with Gasteiger partial charge in [0.25, 0.3) is 0 Å². The number of likely N-dealkylation sites (N-methyl/N-ethyl adjacent to an activating group) is 1. The first-order valence-electron chi connectivity index (χ1n) is 44.1. The van der Waals surface area contributed by atoms with Crippen molar-refractivity contribution in [2.75, 3.05) is 74.2 Å². The van der Waals surface area contributed by atoms with Gasteiger partial charge in [0.1, 0.15) is 105 Å². The van der Waals surface area contributed by atoms with Crippen LogP contribution in [0.2, 0.25) is 0 Å². The number of anilines is 1. The molecule has 1 aliphatic heterocycles. The van der Waals surface area contributed by atoms with E-state index in [0.29, 0.717) is 65.2 Å². The van der Waals surface area contributed by atoms with E-state index in [9.17, 15) is 4.79 Å². The summed E-state index contributed by atoms with van der Waals surface area (Å²) >= 11 is 0. The molecule has 6 N–H and O–H groups in total. The zero-order valence-electron chi connectivity index (χ0n) is 78.3. The number of aromatic amines is 5. The van der Waals surface area contributed by atoms with Crippen LogP contribution in [0.3, 0.4) is 0 Å². The first-order valence-corrected chi connectivity index (χ1v) is 44.1. The van der Waals surface area contributed by atoms with Crippen molar-refractivity contribution in [1.82, 2.24) is 95.3 Å². The van der Waals surface area contributed by atoms with Crippen LogP contribution in [0, 0.1) is 83.1 Å². The summed E-state index contributed by atoms with van der Waals surface area (Å²) in [5, 5.41) is 29.8. The quantitative estimate of drug-likeness (QED) is 0.0464. The lowest BCUT2D eigenvalue weighted by Crippen LogP contribution is -2.20. The Morgan fingerprint density at radius 3 is 1.21 bits per heavy atom. The lowest BCUT2D eigenvalue weighted by Gasteiger charge is -2.21. The van der Waals surface area contributed by atoms with E-state index in [4.69, 9.17) is 71.2 Å². The molecule has 1 aliphatic rings. The number of nitrogens with zero attached hydrogens (tertiary/aromatic N) is 14. The van der Waals surface area contributed by atoms with E-state index in [2.05, 4.69) is 155 Å². The highest BCUT2D eigenvalue weighted by Gasteiger charge is 2.30. The van der Waals surface area contributed by atoms with Crippen LogP contribution in [0.1, 0.15) is 83.0 Å². The third kappa shape index (κ3) is 16.3. The van der Waals surface area contributed by atoms with Crippen molar-refractivity contribution in [2.24, 2.45) is 0 Å². The molecule has 0 saturated carbocycles. The van der Waals surface area contributed by atoms with Crippen LogP contribution in [-0.2, 0) is 0 Å². The predicted molar refractivity (Wildman–Crippen MR) is 522 cm³/mol. The van der Waals surface area contributed by atoms with Crippen molar-refractivity contribution in [3.8, 4) is 130 Å². The third-order valence-electron chi connectivity index (χ3n) is 24.0. The number of hydrogen-bond acceptors (Lipinski definition) is 27. The smallest absolute Gasteiger partial charge is 0.248 e. The molecule has 15 heterocycles. The second-order valence-corrected chi connectivity index (χ2v) is 33.8. The Hall–Kier alpha value is -16.4. The van der Waals surface area contributed by atoms with E-state index in [0.717, 1.165) is 264 Å². The minimum absolute atomic E-state index is 0.0278. The number of rotatable bonds is 18. The van der Waals surface area contributed by atoms with Crippen LogP contribution in [-0.4, -0.2) is 170 Å². The van der Waals surface area contributed by atoms with Crippen LogP contribution in [0.15, 0.2) is 163 Å². The molecule has 0 saturated heterocycles. The number of H-pyrrole nitrogens is 5. The Balaban J connectivity index is 0.000000116. The van der Waals surface area contributed by atoms with Crippen LogP contribution >= 0.6 is 0 Å². The molecular weight excluding hydrogens is 1710 g/mol. The number of hydrogen-bond donors (Lipinski definition) is 6. The maximum atomic E-state index is 11.9. The number of aryl methyl sites for hydroxylation is 12. The molecule has 0 radical (unpaired) electrons. The summed E-state index contributed by atoms with van der Waals surface area (Å²) in [5.74, 6) is 10.5. The fourth-order valence-electron chi connectivity index (χ4n) is 18.3. The van der Waals surface area contributed by atoms with Gasteiger partial charge in [-0.2, -0.15) is 0 Å². The van der Waals surface area contributed by atoms with E-state index in [-0.39, 0.29) is 11.7 Å². The number of benzene rings is 7. The second-order valence-electron chi connectivity index (χ2n) is 33.8. The molecule has 0 fully saturated rings. The summed E-state index contributed by atoms with van der Waals surface area (Å²) in [5.41, 5.74) is 25.0. The maximum Gasteiger partial charge on any atom is 0.248 e. The van der Waals surface area contributed by atoms with Crippen molar-refractivity contribution in [3.63, 3.8) is 0 Å². The summed E-state index contributed by atoms with van der Waals surface area (Å²) in [7, 11) is 10.8. The van der Waals surface area contributed by atoms with Gasteiger partial charge in [-0.15, -0.1) is 0 Å². The molecule has 0 atom stereocenters. The van der Waals surface area contributed by atoms with Crippen LogP contribution in [0.5, 0.6) is 40.4 Å². The minimum Gasteiger partial charge on any atom is -0.496 e. The van der Waals surface area contributed by atoms with Gasteiger partial charge in [-0.1, -0.05) is 57.0 Å². The summed E-state index contributed by atoms with van der Waals surface area (Å²) in [6.07, 6.45) is 3.38. The molecule has 14 aromatic heterocycles. The maximum absolute atomic E-state index is 11.9. The van der Waals surface area contributed by atoms with Gasteiger partial charge in [-0.05, 0) is 195 Å². The van der Waals surface area contributed by atoms with E-state index in [1.165, 1.54) is 6.07 Å². The van der Waals surface area contributed by atoms with E-state index in [1.807, 2.05) is 158 Å². The van der Waals surface area contributed by atoms with Gasteiger partial charge in [-0.3, -0.25) is 4.79 Å². The van der Waals surface area contributed by atoms with Crippen molar-refractivity contribution in [2.45, 2.75) is 103 Å². The SMILES string of the molecule is COc1cc2c(cc1-c1c(C)noc1C)[nH]c1nc(C)nc(-c3cc[nH]c(=O)c3)c12.COc1cc2c(cc1-c1c(C)noc1C)[nH]c1nc(C)nc(-c3ccc(NCCN(C)C)c4ccccc34)c12.COc1cc2c(cc1-c1c(C)noc1C)[nH]c1nc(C)nc(-c3cccc4c3OCCO4)c12.COc1cc2c(cc1-c1c(C)noc1C)[nH]c1nc(C)nc(-c3ccnc(OC(C)C)c3)c12. The number of methoxy groups -OCH3 is 4. The highest BCUT2D eigenvalue weighted by Crippen LogP contribution is 2.50. The monoisotopic (exact) mass is 1810 g/mol. The Morgan fingerprint density at radius 1 is 0.407 bits per heavy atom. The van der Waals surface area contributed by atoms with Gasteiger partial charge in [-0.25, -0.2) is 44.9 Å². The zero-order valence-corrected chi connectivity index (χ0v) is 78.3. The lowest BCUT2D eigenvalue weighted by atomic mass is 9.97. The average Bonchev–Trinajstić information content (AvgIpc) is 1.72. The van der Waals surface area contributed by atoms with Crippen LogP contribution < -0.4 is 44.0 Å². The lowest BCUT2D eigenvalue weighted by molar-refractivity contribution is 0.172. The zero-order chi connectivity index (χ0) is 94.2. The fourth-order valence-corrected chi connectivity index (χ4v) is 18.3. The van der Waals surface area contributed by atoms with Gasteiger partial charge in [0, 0.05) is 137 Å². The summed E-state index contributed by atoms with van der Waals surface area (Å²) in [6.45, 7) is 29.6. The molecular formula is C103H98N20O12. The number of pyridine rings is 2. The molecule has 0 spiro atoms. The first-order chi connectivity index (χ1) is 65.2. The molecule has 32 heteroatoms. The third-order valence-corrected chi connectivity index (χ3v) is 24.0. The van der Waals surface area contributed by atoms with Gasteiger partial charge in [0.05, 0.1) is 124 Å². The molecule has 0 unspecified atom stereocenters. The standard InChI is InChI=1S/C31H32N6O2.C25H25N5O3.C25H22N4O4.C22H19N5O3/c1-17-28(18(2)39-36-17)24-15-26-23(16-27(24)38-6)29-30(33-19(3)34-31(29)35-26)22-11-12-25(32-13-14-37(4)5)21-10-8-7-9-20(21)22;1-12(2)32-21-9-16(7-8-26-21)24-23-17-11-20(31-6)18(22-13(3)30-33-14(22)4)10-19(17)29-25(23)28-15(5)27-24;1-12-21(13(2)33-29-12)17-10-18-16(11-20(17)30-4)22-23(26-14(3)27-25(22)28-18)15-6-5-7-19-24(15)32-9-8-31-19;1-10-19(11(2)30-27-10)15-8-16-14(9-17(15)29-4)20-21(13-5-6-23-18(28)7-13)24-12(3)25-22(20)26-16/h7-12,15-16,32H,13-14H2,1-6H3,(H,33,34,35);7-12H,1-6H3,(H,27,28,29);5-7,10-11H,8-9H2,1-4H3,(H,26,27,28);5-9H,1-4H3,(H,23,28)(H,24,25,26). The molecule has 0 aliphatic carbocycles. The second kappa shape index (κ2) is 35.7. The van der Waals surface area contributed by atoms with E-state index in [1.54, 1.807) is 40.8 Å². The minimum atomic E-state index is -0.185. The largest absolute Gasteiger partial charge is 0.496 e.